The number of aryl methyl sites for hydroxylation is 2. The van der Waals surface area contributed by atoms with Crippen molar-refractivity contribution in [3.05, 3.63) is 16.3 Å². The summed E-state index contributed by atoms with van der Waals surface area (Å²) < 4.78 is 5.80. The van der Waals surface area contributed by atoms with Crippen molar-refractivity contribution in [2.24, 2.45) is 0 Å². The fourth-order valence-corrected chi connectivity index (χ4v) is 5.20. The fraction of sp³-hybridized carbons (Fsp3) is 0.647. The summed E-state index contributed by atoms with van der Waals surface area (Å²) in [6.07, 6.45) is 5.35. The number of morpholine rings is 1. The first-order chi connectivity index (χ1) is 11.1. The largest absolute Gasteiger partial charge is 0.383 e. The molecule has 4 rings (SSSR count). The van der Waals surface area contributed by atoms with Crippen LogP contribution in [-0.4, -0.2) is 40.2 Å². The topological polar surface area (TPSA) is 64.3 Å². The number of nitrogens with zero attached hydrogens (tertiary/aromatic N) is 3. The van der Waals surface area contributed by atoms with Gasteiger partial charge in [0.05, 0.1) is 24.1 Å². The minimum atomic E-state index is 0.258. The highest BCUT2D eigenvalue weighted by Gasteiger charge is 2.24. The Kier molecular flexibility index (Phi) is 3.99. The zero-order chi connectivity index (χ0) is 16.0. The first-order valence-electron chi connectivity index (χ1n) is 8.54. The van der Waals surface area contributed by atoms with E-state index in [4.69, 9.17) is 15.5 Å². The maximum atomic E-state index is 6.30. The van der Waals surface area contributed by atoms with Crippen LogP contribution < -0.4 is 5.73 Å². The maximum absolute atomic E-state index is 6.30. The molecule has 6 heteroatoms. The van der Waals surface area contributed by atoms with Crippen LogP contribution in [0.1, 0.15) is 43.0 Å². The lowest BCUT2D eigenvalue weighted by molar-refractivity contribution is -0.0710. The minimum Gasteiger partial charge on any atom is -0.383 e. The molecule has 3 heterocycles. The predicted octanol–water partition coefficient (Wildman–Crippen LogP) is 2.76. The molecule has 5 nitrogen and oxygen atoms in total. The summed E-state index contributed by atoms with van der Waals surface area (Å²) in [5.74, 6) is 1.51. The van der Waals surface area contributed by atoms with E-state index < -0.39 is 0 Å². The third kappa shape index (κ3) is 2.95. The SMILES string of the molecule is C[C@@H]1CN(Cc2nc(N)c3c4c(sc3n2)CCCC4)C[C@@H](C)O1. The summed E-state index contributed by atoms with van der Waals surface area (Å²) in [4.78, 5) is 14.4. The molecule has 0 unspecified atom stereocenters. The van der Waals surface area contributed by atoms with E-state index in [1.807, 2.05) is 11.3 Å². The number of ether oxygens (including phenoxy) is 1. The fourth-order valence-electron chi connectivity index (χ4n) is 3.92. The lowest BCUT2D eigenvalue weighted by Crippen LogP contribution is -2.45. The molecule has 0 amide bonds. The van der Waals surface area contributed by atoms with Crippen LogP contribution in [0.5, 0.6) is 0 Å². The second-order valence-corrected chi connectivity index (χ2v) is 7.95. The van der Waals surface area contributed by atoms with Gasteiger partial charge in [-0.3, -0.25) is 4.90 Å². The molecule has 23 heavy (non-hydrogen) atoms. The number of aromatic nitrogens is 2. The van der Waals surface area contributed by atoms with E-state index in [9.17, 15) is 0 Å². The Bertz CT molecular complexity index is 719. The van der Waals surface area contributed by atoms with Crippen molar-refractivity contribution in [2.45, 2.75) is 58.3 Å². The van der Waals surface area contributed by atoms with Gasteiger partial charge in [-0.05, 0) is 45.1 Å². The number of hydrogen-bond acceptors (Lipinski definition) is 6. The van der Waals surface area contributed by atoms with Gasteiger partial charge in [-0.15, -0.1) is 11.3 Å². The molecular formula is C17H24N4OS. The average molecular weight is 332 g/mol. The molecule has 0 spiro atoms. The summed E-state index contributed by atoms with van der Waals surface area (Å²) in [6.45, 7) is 6.84. The smallest absolute Gasteiger partial charge is 0.146 e. The van der Waals surface area contributed by atoms with Gasteiger partial charge < -0.3 is 10.5 Å². The van der Waals surface area contributed by atoms with Crippen LogP contribution in [0.4, 0.5) is 5.82 Å². The number of nitrogen functional groups attached to an aromatic ring is 1. The second-order valence-electron chi connectivity index (χ2n) is 6.87. The van der Waals surface area contributed by atoms with Crippen molar-refractivity contribution in [3.63, 3.8) is 0 Å². The van der Waals surface area contributed by atoms with E-state index in [1.54, 1.807) is 0 Å². The Morgan fingerprint density at radius 1 is 1.17 bits per heavy atom. The van der Waals surface area contributed by atoms with Crippen LogP contribution in [0, 0.1) is 0 Å². The minimum absolute atomic E-state index is 0.258. The zero-order valence-electron chi connectivity index (χ0n) is 13.8. The van der Waals surface area contributed by atoms with Crippen molar-refractivity contribution in [3.8, 4) is 0 Å². The molecular weight excluding hydrogens is 308 g/mol. The van der Waals surface area contributed by atoms with Gasteiger partial charge in [0.2, 0.25) is 0 Å². The molecule has 2 aromatic heterocycles. The Labute approximate surface area is 140 Å². The van der Waals surface area contributed by atoms with Crippen LogP contribution >= 0.6 is 11.3 Å². The molecule has 0 bridgehead atoms. The van der Waals surface area contributed by atoms with Gasteiger partial charge in [0, 0.05) is 18.0 Å². The molecule has 2 N–H and O–H groups in total. The Morgan fingerprint density at radius 2 is 1.91 bits per heavy atom. The summed E-state index contributed by atoms with van der Waals surface area (Å²) in [5.41, 5.74) is 7.71. The quantitative estimate of drug-likeness (QED) is 0.916. The Hall–Kier alpha value is -1.24. The molecule has 124 valence electrons. The van der Waals surface area contributed by atoms with E-state index >= 15 is 0 Å². The first kappa shape index (κ1) is 15.3. The Balaban J connectivity index is 1.63. The van der Waals surface area contributed by atoms with Crippen molar-refractivity contribution < 1.29 is 4.74 Å². The highest BCUT2D eigenvalue weighted by Crippen LogP contribution is 2.37. The molecule has 0 saturated carbocycles. The predicted molar refractivity (Wildman–Crippen MR) is 93.8 cm³/mol. The van der Waals surface area contributed by atoms with Gasteiger partial charge in [0.1, 0.15) is 16.5 Å². The van der Waals surface area contributed by atoms with Crippen LogP contribution in [0.15, 0.2) is 0 Å². The van der Waals surface area contributed by atoms with Gasteiger partial charge in [-0.1, -0.05) is 0 Å². The second kappa shape index (κ2) is 6.00. The van der Waals surface area contributed by atoms with E-state index in [0.717, 1.165) is 42.1 Å². The summed E-state index contributed by atoms with van der Waals surface area (Å²) in [5, 5.41) is 1.12. The Morgan fingerprint density at radius 3 is 2.70 bits per heavy atom. The number of anilines is 1. The third-order valence-corrected chi connectivity index (χ3v) is 5.93. The highest BCUT2D eigenvalue weighted by molar-refractivity contribution is 7.19. The number of nitrogens with two attached hydrogens (primary N) is 1. The third-order valence-electron chi connectivity index (χ3n) is 4.75. The number of thiophene rings is 1. The summed E-state index contributed by atoms with van der Waals surface area (Å²) >= 11 is 1.82. The first-order valence-corrected chi connectivity index (χ1v) is 9.36. The van der Waals surface area contributed by atoms with Crippen LogP contribution in [-0.2, 0) is 24.1 Å². The molecule has 0 aromatic carbocycles. The standard InChI is InChI=1S/C17H24N4OS/c1-10-7-21(8-11(2)22-10)9-14-19-16(18)15-12-5-3-4-6-13(12)23-17(15)20-14/h10-11H,3-9H2,1-2H3,(H2,18,19,20)/t10-,11-/m1/s1. The lowest BCUT2D eigenvalue weighted by atomic mass is 9.97. The number of hydrogen-bond donors (Lipinski definition) is 1. The van der Waals surface area contributed by atoms with Crippen LogP contribution in [0.2, 0.25) is 0 Å². The zero-order valence-corrected chi connectivity index (χ0v) is 14.7. The van der Waals surface area contributed by atoms with Crippen molar-refractivity contribution in [2.75, 3.05) is 18.8 Å². The van der Waals surface area contributed by atoms with Gasteiger partial charge in [-0.25, -0.2) is 9.97 Å². The van der Waals surface area contributed by atoms with Crippen molar-refractivity contribution in [1.29, 1.82) is 0 Å². The summed E-state index contributed by atoms with van der Waals surface area (Å²) in [7, 11) is 0. The van der Waals surface area contributed by atoms with Gasteiger partial charge in [0.25, 0.3) is 0 Å². The molecule has 2 atom stereocenters. The molecule has 1 aliphatic carbocycles. The molecule has 2 aromatic rings. The maximum Gasteiger partial charge on any atom is 0.146 e. The highest BCUT2D eigenvalue weighted by atomic mass is 32.1. The molecule has 1 aliphatic heterocycles. The van der Waals surface area contributed by atoms with E-state index in [2.05, 4.69) is 23.7 Å². The molecule has 0 radical (unpaired) electrons. The van der Waals surface area contributed by atoms with Gasteiger partial charge in [-0.2, -0.15) is 0 Å². The van der Waals surface area contributed by atoms with Crippen molar-refractivity contribution >= 4 is 27.4 Å². The lowest BCUT2D eigenvalue weighted by Gasteiger charge is -2.34. The normalized spacial score (nSPS) is 25.7. The number of fused-ring (bicyclic) bond motifs is 3. The monoisotopic (exact) mass is 332 g/mol. The van der Waals surface area contributed by atoms with Gasteiger partial charge in [0.15, 0.2) is 0 Å². The summed E-state index contributed by atoms with van der Waals surface area (Å²) in [6, 6.07) is 0. The van der Waals surface area contributed by atoms with E-state index in [-0.39, 0.29) is 12.2 Å². The molecule has 2 aliphatic rings. The average Bonchev–Trinajstić information content (AvgIpc) is 2.84. The van der Waals surface area contributed by atoms with Crippen LogP contribution in [0.3, 0.4) is 0 Å². The van der Waals surface area contributed by atoms with E-state index in [0.29, 0.717) is 5.82 Å². The molecule has 1 fully saturated rings. The molecule has 1 saturated heterocycles. The van der Waals surface area contributed by atoms with Crippen molar-refractivity contribution in [1.82, 2.24) is 14.9 Å². The van der Waals surface area contributed by atoms with E-state index in [1.165, 1.54) is 29.7 Å². The van der Waals surface area contributed by atoms with Crippen LogP contribution in [0.25, 0.3) is 10.2 Å². The number of rotatable bonds is 2. The van der Waals surface area contributed by atoms with Gasteiger partial charge >= 0.3 is 0 Å².